The third kappa shape index (κ3) is 3.74. The molecule has 2 aromatic carbocycles. The summed E-state index contributed by atoms with van der Waals surface area (Å²) in [5.74, 6) is -1.57. The Morgan fingerprint density at radius 2 is 2.00 bits per heavy atom. The summed E-state index contributed by atoms with van der Waals surface area (Å²) in [6, 6.07) is 11.5. The molecule has 1 aliphatic heterocycles. The second kappa shape index (κ2) is 7.35. The monoisotopic (exact) mass is 405 g/mol. The molecule has 0 radical (unpaired) electrons. The first-order valence-corrected chi connectivity index (χ1v) is 8.82. The quantitative estimate of drug-likeness (QED) is 0.721. The molecule has 2 aromatic rings. The van der Waals surface area contributed by atoms with Crippen LogP contribution in [-0.2, 0) is 16.0 Å². The molecule has 25 heavy (non-hydrogen) atoms. The Morgan fingerprint density at radius 1 is 1.24 bits per heavy atom. The fraction of sp³-hybridized carbons (Fsp3) is 0.263. The highest BCUT2D eigenvalue weighted by atomic mass is 79.9. The van der Waals surface area contributed by atoms with E-state index < -0.39 is 17.9 Å². The van der Waals surface area contributed by atoms with Gasteiger partial charge in [0, 0.05) is 16.7 Å². The van der Waals surface area contributed by atoms with E-state index in [-0.39, 0.29) is 11.5 Å². The molecule has 1 heterocycles. The largest absolute Gasteiger partial charge is 0.449 e. The van der Waals surface area contributed by atoms with Gasteiger partial charge >= 0.3 is 5.97 Å². The van der Waals surface area contributed by atoms with E-state index in [1.54, 1.807) is 4.90 Å². The molecule has 0 bridgehead atoms. The summed E-state index contributed by atoms with van der Waals surface area (Å²) in [5.41, 5.74) is 2.01. The number of halogens is 2. The predicted octanol–water partition coefficient (Wildman–Crippen LogP) is 4.11. The second-order valence-electron chi connectivity index (χ2n) is 5.89. The summed E-state index contributed by atoms with van der Waals surface area (Å²) in [6.07, 6.45) is 0.817. The molecule has 6 heteroatoms. The SMILES string of the molecule is CC(OC(=O)c1cc(F)ccc1Br)C(=O)N1CCCc2ccccc21. The van der Waals surface area contributed by atoms with E-state index in [9.17, 15) is 14.0 Å². The minimum Gasteiger partial charge on any atom is -0.449 e. The van der Waals surface area contributed by atoms with Crippen molar-refractivity contribution in [1.29, 1.82) is 0 Å². The number of esters is 1. The Bertz CT molecular complexity index is 824. The van der Waals surface area contributed by atoms with Gasteiger partial charge in [0.05, 0.1) is 5.56 Å². The average molecular weight is 406 g/mol. The van der Waals surface area contributed by atoms with E-state index >= 15 is 0 Å². The van der Waals surface area contributed by atoms with Gasteiger partial charge in [0.1, 0.15) is 5.82 Å². The Kier molecular flexibility index (Phi) is 5.18. The van der Waals surface area contributed by atoms with Crippen molar-refractivity contribution in [3.05, 3.63) is 63.9 Å². The number of ether oxygens (including phenoxy) is 1. The first-order chi connectivity index (χ1) is 12.0. The van der Waals surface area contributed by atoms with Crippen molar-refractivity contribution in [2.75, 3.05) is 11.4 Å². The van der Waals surface area contributed by atoms with Crippen LogP contribution in [0.15, 0.2) is 46.9 Å². The van der Waals surface area contributed by atoms with Crippen LogP contribution in [0.3, 0.4) is 0 Å². The van der Waals surface area contributed by atoms with E-state index in [1.807, 2.05) is 24.3 Å². The predicted molar refractivity (Wildman–Crippen MR) is 96.1 cm³/mol. The third-order valence-corrected chi connectivity index (χ3v) is 4.85. The maximum atomic E-state index is 13.4. The van der Waals surface area contributed by atoms with E-state index in [4.69, 9.17) is 4.74 Å². The summed E-state index contributed by atoms with van der Waals surface area (Å²) in [7, 11) is 0. The molecular formula is C19H17BrFNO3. The zero-order valence-electron chi connectivity index (χ0n) is 13.7. The summed E-state index contributed by atoms with van der Waals surface area (Å²) in [5, 5.41) is 0. The highest BCUT2D eigenvalue weighted by Crippen LogP contribution is 2.28. The molecule has 1 aliphatic rings. The maximum absolute atomic E-state index is 13.4. The van der Waals surface area contributed by atoms with Crippen LogP contribution < -0.4 is 4.90 Å². The fourth-order valence-corrected chi connectivity index (χ4v) is 3.32. The number of fused-ring (bicyclic) bond motifs is 1. The van der Waals surface area contributed by atoms with Crippen molar-refractivity contribution in [2.45, 2.75) is 25.9 Å². The second-order valence-corrected chi connectivity index (χ2v) is 6.75. The van der Waals surface area contributed by atoms with Gasteiger partial charge in [-0.2, -0.15) is 0 Å². The molecule has 0 N–H and O–H groups in total. The number of hydrogen-bond acceptors (Lipinski definition) is 3. The Hall–Kier alpha value is -2.21. The number of para-hydroxylation sites is 1. The molecule has 130 valence electrons. The van der Waals surface area contributed by atoms with Crippen LogP contribution in [0.2, 0.25) is 0 Å². The molecule has 0 spiro atoms. The number of nitrogens with zero attached hydrogens (tertiary/aromatic N) is 1. The standard InChI is InChI=1S/C19H17BrFNO3/c1-12(25-19(24)15-11-14(21)8-9-16(15)20)18(23)22-10-4-6-13-5-2-3-7-17(13)22/h2-3,5,7-9,11-12H,4,6,10H2,1H3. The number of carbonyl (C=O) groups is 2. The first kappa shape index (κ1) is 17.6. The molecule has 0 aromatic heterocycles. The highest BCUT2D eigenvalue weighted by Gasteiger charge is 2.29. The minimum atomic E-state index is -0.964. The van der Waals surface area contributed by atoms with Gasteiger partial charge in [-0.05, 0) is 65.5 Å². The van der Waals surface area contributed by atoms with Gasteiger partial charge in [0.2, 0.25) is 0 Å². The zero-order valence-corrected chi connectivity index (χ0v) is 15.3. The van der Waals surface area contributed by atoms with Gasteiger partial charge in [0.25, 0.3) is 5.91 Å². The van der Waals surface area contributed by atoms with Gasteiger partial charge < -0.3 is 9.64 Å². The smallest absolute Gasteiger partial charge is 0.340 e. The van der Waals surface area contributed by atoms with Gasteiger partial charge in [-0.1, -0.05) is 18.2 Å². The Morgan fingerprint density at radius 3 is 2.80 bits per heavy atom. The van der Waals surface area contributed by atoms with Crippen molar-refractivity contribution in [1.82, 2.24) is 0 Å². The van der Waals surface area contributed by atoms with Crippen LogP contribution in [0.1, 0.15) is 29.3 Å². The van der Waals surface area contributed by atoms with Crippen molar-refractivity contribution in [3.8, 4) is 0 Å². The highest BCUT2D eigenvalue weighted by molar-refractivity contribution is 9.10. The first-order valence-electron chi connectivity index (χ1n) is 8.02. The van der Waals surface area contributed by atoms with Crippen LogP contribution in [0.5, 0.6) is 0 Å². The third-order valence-electron chi connectivity index (χ3n) is 4.16. The van der Waals surface area contributed by atoms with E-state index in [0.717, 1.165) is 30.2 Å². The molecular weight excluding hydrogens is 389 g/mol. The van der Waals surface area contributed by atoms with Crippen LogP contribution >= 0.6 is 15.9 Å². The van der Waals surface area contributed by atoms with E-state index in [0.29, 0.717) is 11.0 Å². The topological polar surface area (TPSA) is 46.6 Å². The van der Waals surface area contributed by atoms with Crippen LogP contribution in [0.25, 0.3) is 0 Å². The molecule has 3 rings (SSSR count). The number of amides is 1. The number of aryl methyl sites for hydroxylation is 1. The van der Waals surface area contributed by atoms with Crippen molar-refractivity contribution < 1.29 is 18.7 Å². The Balaban J connectivity index is 1.75. The Labute approximate surface area is 153 Å². The zero-order chi connectivity index (χ0) is 18.0. The maximum Gasteiger partial charge on any atom is 0.340 e. The normalized spacial score (nSPS) is 14.6. The van der Waals surface area contributed by atoms with Crippen molar-refractivity contribution in [3.63, 3.8) is 0 Å². The van der Waals surface area contributed by atoms with E-state index in [2.05, 4.69) is 15.9 Å². The van der Waals surface area contributed by atoms with Gasteiger partial charge in [-0.25, -0.2) is 9.18 Å². The molecule has 0 fully saturated rings. The van der Waals surface area contributed by atoms with Crippen LogP contribution in [-0.4, -0.2) is 24.5 Å². The lowest BCUT2D eigenvalue weighted by molar-refractivity contribution is -0.126. The molecule has 0 aliphatic carbocycles. The fourth-order valence-electron chi connectivity index (χ4n) is 2.91. The van der Waals surface area contributed by atoms with Crippen molar-refractivity contribution >= 4 is 33.5 Å². The lowest BCUT2D eigenvalue weighted by atomic mass is 10.0. The van der Waals surface area contributed by atoms with E-state index in [1.165, 1.54) is 19.1 Å². The molecule has 0 saturated carbocycles. The van der Waals surface area contributed by atoms with Crippen molar-refractivity contribution in [2.24, 2.45) is 0 Å². The lowest BCUT2D eigenvalue weighted by Crippen LogP contribution is -2.42. The van der Waals surface area contributed by atoms with Crippen LogP contribution in [0, 0.1) is 5.82 Å². The summed E-state index contributed by atoms with van der Waals surface area (Å²) in [6.45, 7) is 2.12. The minimum absolute atomic E-state index is 0.0543. The number of anilines is 1. The number of rotatable bonds is 3. The van der Waals surface area contributed by atoms with Gasteiger partial charge in [0.15, 0.2) is 6.10 Å². The molecule has 1 atom stereocenters. The molecule has 0 saturated heterocycles. The molecule has 1 unspecified atom stereocenters. The van der Waals surface area contributed by atoms with Crippen LogP contribution in [0.4, 0.5) is 10.1 Å². The lowest BCUT2D eigenvalue weighted by Gasteiger charge is -2.31. The number of benzene rings is 2. The summed E-state index contributed by atoms with van der Waals surface area (Å²) >= 11 is 3.19. The van der Waals surface area contributed by atoms with Gasteiger partial charge in [-0.15, -0.1) is 0 Å². The summed E-state index contributed by atoms with van der Waals surface area (Å²) in [4.78, 5) is 26.7. The number of carbonyl (C=O) groups excluding carboxylic acids is 2. The average Bonchev–Trinajstić information content (AvgIpc) is 2.62. The number of hydrogen-bond donors (Lipinski definition) is 0. The van der Waals surface area contributed by atoms with Gasteiger partial charge in [-0.3, -0.25) is 4.79 Å². The molecule has 4 nitrogen and oxygen atoms in total. The molecule has 1 amide bonds. The summed E-state index contributed by atoms with van der Waals surface area (Å²) < 4.78 is 19.0.